The minimum absolute atomic E-state index is 0.402. The maximum atomic E-state index is 3.83. The van der Waals surface area contributed by atoms with Gasteiger partial charge in [-0.3, -0.25) is 0 Å². The van der Waals surface area contributed by atoms with Gasteiger partial charge in [-0.05, 0) is 90.4 Å². The van der Waals surface area contributed by atoms with Crippen LogP contribution in [0.5, 0.6) is 0 Å². The highest BCUT2D eigenvalue weighted by Crippen LogP contribution is 2.56. The van der Waals surface area contributed by atoms with Gasteiger partial charge in [0.2, 0.25) is 0 Å². The van der Waals surface area contributed by atoms with E-state index in [1.165, 1.54) is 49.7 Å². The predicted molar refractivity (Wildman–Crippen MR) is 146 cm³/mol. The lowest BCUT2D eigenvalue weighted by molar-refractivity contribution is 0.366. The summed E-state index contributed by atoms with van der Waals surface area (Å²) < 4.78 is 0. The zero-order chi connectivity index (χ0) is 24.3. The summed E-state index contributed by atoms with van der Waals surface area (Å²) in [5, 5.41) is 7.46. The average Bonchev–Trinajstić information content (AvgIpc) is 3.74. The molecule has 2 fully saturated rings. The van der Waals surface area contributed by atoms with Gasteiger partial charge in [0.25, 0.3) is 0 Å². The molecule has 4 rings (SSSR count). The highest BCUT2D eigenvalue weighted by molar-refractivity contribution is 5.39. The first kappa shape index (κ1) is 25.5. The third-order valence-electron chi connectivity index (χ3n) is 9.07. The Morgan fingerprint density at radius 1 is 0.735 bits per heavy atom. The predicted octanol–water partition coefficient (Wildman–Crippen LogP) is 7.50. The zero-order valence-electron chi connectivity index (χ0n) is 22.6. The fraction of sp³-hybridized carbons (Fsp3) is 0.625. The second-order valence-corrected chi connectivity index (χ2v) is 12.1. The van der Waals surface area contributed by atoms with Crippen LogP contribution in [0.4, 0.5) is 0 Å². The molecule has 2 nitrogen and oxygen atoms in total. The first-order chi connectivity index (χ1) is 16.3. The van der Waals surface area contributed by atoms with E-state index >= 15 is 0 Å². The molecule has 2 unspecified atom stereocenters. The zero-order valence-corrected chi connectivity index (χ0v) is 22.6. The van der Waals surface area contributed by atoms with Crippen LogP contribution in [0, 0.1) is 11.8 Å². The quantitative estimate of drug-likeness (QED) is 0.323. The average molecular weight is 461 g/mol. The van der Waals surface area contributed by atoms with E-state index in [4.69, 9.17) is 0 Å². The van der Waals surface area contributed by atoms with Gasteiger partial charge in [0.05, 0.1) is 0 Å². The van der Waals surface area contributed by atoms with Crippen molar-refractivity contribution in [3.05, 3.63) is 70.8 Å². The molecule has 0 amide bonds. The molecule has 2 aliphatic carbocycles. The number of nitrogens with one attached hydrogen (secondary N) is 2. The Hall–Kier alpha value is -1.64. The highest BCUT2D eigenvalue weighted by atomic mass is 14.9. The molecule has 2 atom stereocenters. The molecule has 0 heterocycles. The van der Waals surface area contributed by atoms with Gasteiger partial charge >= 0.3 is 0 Å². The summed E-state index contributed by atoms with van der Waals surface area (Å²) in [4.78, 5) is 0. The summed E-state index contributed by atoms with van der Waals surface area (Å²) >= 11 is 0. The van der Waals surface area contributed by atoms with Crippen molar-refractivity contribution in [1.82, 2.24) is 10.6 Å². The summed E-state index contributed by atoms with van der Waals surface area (Å²) in [6.45, 7) is 16.1. The summed E-state index contributed by atoms with van der Waals surface area (Å²) in [6, 6.07) is 19.6. The molecular weight excluding hydrogens is 412 g/mol. The van der Waals surface area contributed by atoms with Crippen molar-refractivity contribution in [2.75, 3.05) is 0 Å². The summed E-state index contributed by atoms with van der Waals surface area (Å²) in [5.41, 5.74) is 6.96. The lowest BCUT2D eigenvalue weighted by atomic mass is 9.78. The molecule has 0 saturated heterocycles. The van der Waals surface area contributed by atoms with Crippen molar-refractivity contribution >= 4 is 0 Å². The van der Waals surface area contributed by atoms with Gasteiger partial charge in [-0.2, -0.15) is 0 Å². The van der Waals surface area contributed by atoms with Crippen molar-refractivity contribution in [1.29, 1.82) is 0 Å². The standard InChI is InChI=1S/C32H48N2/c1-23(2)31(16-17-31)29-12-9-10-27(20-29)21-34-26(6)15-14-25(5)32(18-19-32)30-13-8-7-11-28(30)22-33-24(3)4/h7-13,20,23-26,33-34H,14-19,21-22H2,1-6H3. The van der Waals surface area contributed by atoms with Crippen LogP contribution in [0.25, 0.3) is 0 Å². The fourth-order valence-corrected chi connectivity index (χ4v) is 6.13. The van der Waals surface area contributed by atoms with E-state index in [0.717, 1.165) is 24.9 Å². The minimum atomic E-state index is 0.402. The molecule has 2 aliphatic rings. The topological polar surface area (TPSA) is 24.1 Å². The fourth-order valence-electron chi connectivity index (χ4n) is 6.13. The van der Waals surface area contributed by atoms with Crippen molar-refractivity contribution < 1.29 is 0 Å². The summed E-state index contributed by atoms with van der Waals surface area (Å²) in [6.07, 6.45) is 7.93. The molecule has 2 aromatic rings. The second-order valence-electron chi connectivity index (χ2n) is 12.1. The van der Waals surface area contributed by atoms with Gasteiger partial charge in [-0.15, -0.1) is 0 Å². The van der Waals surface area contributed by atoms with E-state index < -0.39 is 0 Å². The van der Waals surface area contributed by atoms with E-state index in [2.05, 4.69) is 101 Å². The Morgan fingerprint density at radius 2 is 1.44 bits per heavy atom. The van der Waals surface area contributed by atoms with Crippen LogP contribution in [0.2, 0.25) is 0 Å². The molecular formula is C32H48N2. The highest BCUT2D eigenvalue weighted by Gasteiger charge is 2.49. The van der Waals surface area contributed by atoms with Gasteiger partial charge in [-0.25, -0.2) is 0 Å². The SMILES string of the molecule is CC(C)NCc1ccccc1C1(C(C)CCC(C)NCc2cccc(C3(C(C)C)CC3)c2)CC1. The van der Waals surface area contributed by atoms with Crippen molar-refractivity contribution in [3.8, 4) is 0 Å². The Bertz CT molecular complexity index is 936. The Kier molecular flexibility index (Phi) is 7.89. The van der Waals surface area contributed by atoms with Crippen molar-refractivity contribution in [3.63, 3.8) is 0 Å². The minimum Gasteiger partial charge on any atom is -0.310 e. The Morgan fingerprint density at radius 3 is 2.09 bits per heavy atom. The molecule has 2 aromatic carbocycles. The lowest BCUT2D eigenvalue weighted by Crippen LogP contribution is -2.28. The van der Waals surface area contributed by atoms with Crippen LogP contribution in [0.3, 0.4) is 0 Å². The molecule has 2 saturated carbocycles. The van der Waals surface area contributed by atoms with Crippen molar-refractivity contribution in [2.45, 2.75) is 116 Å². The molecule has 186 valence electrons. The van der Waals surface area contributed by atoms with E-state index in [9.17, 15) is 0 Å². The van der Waals surface area contributed by atoms with Gasteiger partial charge in [-0.1, -0.05) is 83.1 Å². The van der Waals surface area contributed by atoms with Gasteiger partial charge in [0.15, 0.2) is 0 Å². The van der Waals surface area contributed by atoms with Gasteiger partial charge in [0.1, 0.15) is 0 Å². The lowest BCUT2D eigenvalue weighted by Gasteiger charge is -2.28. The molecule has 2 N–H and O–H groups in total. The summed E-state index contributed by atoms with van der Waals surface area (Å²) in [7, 11) is 0. The number of benzene rings is 2. The van der Waals surface area contributed by atoms with E-state index in [0.29, 0.717) is 22.9 Å². The van der Waals surface area contributed by atoms with Crippen LogP contribution in [0.1, 0.15) is 102 Å². The Balaban J connectivity index is 1.30. The van der Waals surface area contributed by atoms with E-state index in [-0.39, 0.29) is 0 Å². The smallest absolute Gasteiger partial charge is 0.0210 e. The largest absolute Gasteiger partial charge is 0.310 e. The monoisotopic (exact) mass is 460 g/mol. The van der Waals surface area contributed by atoms with Crippen molar-refractivity contribution in [2.24, 2.45) is 11.8 Å². The molecule has 0 aliphatic heterocycles. The second kappa shape index (κ2) is 10.5. The van der Waals surface area contributed by atoms with Crippen LogP contribution < -0.4 is 10.6 Å². The first-order valence-corrected chi connectivity index (χ1v) is 13.9. The Labute approximate surface area is 209 Å². The number of rotatable bonds is 13. The maximum absolute atomic E-state index is 3.83. The number of hydrogen-bond donors (Lipinski definition) is 2. The molecule has 0 aromatic heterocycles. The van der Waals surface area contributed by atoms with E-state index in [1.54, 1.807) is 11.1 Å². The molecule has 0 spiro atoms. The maximum Gasteiger partial charge on any atom is 0.0210 e. The van der Waals surface area contributed by atoms with Gasteiger partial charge < -0.3 is 10.6 Å². The van der Waals surface area contributed by atoms with Crippen LogP contribution >= 0.6 is 0 Å². The summed E-state index contributed by atoms with van der Waals surface area (Å²) in [5.74, 6) is 1.46. The van der Waals surface area contributed by atoms with Gasteiger partial charge in [0, 0.05) is 25.2 Å². The third kappa shape index (κ3) is 5.60. The molecule has 34 heavy (non-hydrogen) atoms. The van der Waals surface area contributed by atoms with Crippen LogP contribution in [-0.4, -0.2) is 12.1 Å². The number of hydrogen-bond acceptors (Lipinski definition) is 2. The van der Waals surface area contributed by atoms with Crippen LogP contribution in [-0.2, 0) is 23.9 Å². The molecule has 2 heteroatoms. The first-order valence-electron chi connectivity index (χ1n) is 13.9. The van der Waals surface area contributed by atoms with E-state index in [1.807, 2.05) is 0 Å². The van der Waals surface area contributed by atoms with Crippen LogP contribution in [0.15, 0.2) is 48.5 Å². The molecule has 0 radical (unpaired) electrons. The normalized spacial score (nSPS) is 19.9. The molecule has 0 bridgehead atoms. The third-order valence-corrected chi connectivity index (χ3v) is 9.07.